The van der Waals surface area contributed by atoms with Crippen LogP contribution >= 0.6 is 0 Å². The smallest absolute Gasteiger partial charge is 0.164 e. The van der Waals surface area contributed by atoms with E-state index in [1.165, 1.54) is 142 Å². The molecular weight excluding hydrogens is 1490 g/mol. The highest BCUT2D eigenvalue weighted by molar-refractivity contribution is 6.07. The van der Waals surface area contributed by atoms with Crippen LogP contribution in [0.15, 0.2) is 385 Å². The molecule has 122 heavy (non-hydrogen) atoms. The maximum Gasteiger partial charge on any atom is 0.164 e. The van der Waals surface area contributed by atoms with Gasteiger partial charge >= 0.3 is 0 Å². The van der Waals surface area contributed by atoms with Crippen LogP contribution in [0.5, 0.6) is 0 Å². The van der Waals surface area contributed by atoms with Gasteiger partial charge in [-0.1, -0.05) is 354 Å². The lowest BCUT2D eigenvalue weighted by atomic mass is 9.68. The Labute approximate surface area is 708 Å². The van der Waals surface area contributed by atoms with Crippen molar-refractivity contribution in [2.24, 2.45) is 0 Å². The highest BCUT2D eigenvalue weighted by Gasteiger charge is 2.45. The fraction of sp³-hybridized carbons (Fsp3) is 0.105. The summed E-state index contributed by atoms with van der Waals surface area (Å²) in [7, 11) is 0. The first-order chi connectivity index (χ1) is 60.3. The van der Waals surface area contributed by atoms with E-state index < -0.39 is 0 Å². The fourth-order valence-corrected chi connectivity index (χ4v) is 20.2. The first kappa shape index (κ1) is 72.4. The summed E-state index contributed by atoms with van der Waals surface area (Å²) in [6.45, 7) is 0. The van der Waals surface area contributed by atoms with Gasteiger partial charge in [0, 0.05) is 65.8 Å². The van der Waals surface area contributed by atoms with Crippen LogP contribution in [0, 0.1) is 0 Å². The second-order valence-electron chi connectivity index (χ2n) is 33.3. The van der Waals surface area contributed by atoms with E-state index in [4.69, 9.17) is 38.7 Å². The van der Waals surface area contributed by atoms with Crippen LogP contribution in [0.25, 0.3) is 201 Å². The lowest BCUT2D eigenvalue weighted by Crippen LogP contribution is -2.27. The van der Waals surface area contributed by atoms with Crippen molar-refractivity contribution < 1.29 is 8.83 Å². The van der Waals surface area contributed by atoms with E-state index in [-0.39, 0.29) is 10.8 Å². The van der Waals surface area contributed by atoms with Crippen molar-refractivity contribution >= 4 is 43.9 Å². The first-order valence-electron chi connectivity index (χ1n) is 42.9. The number of nitrogens with zero attached hydrogens (tertiary/aromatic N) is 6. The summed E-state index contributed by atoms with van der Waals surface area (Å²) in [5, 5.41) is 4.27. The minimum absolute atomic E-state index is 0.181. The SMILES string of the molecule is c1ccc(-c2ccc(-c3nc(-c4ccc(-c5ccc(-c6ccc7c(c6)-c6ccccc6C76CCCCC6)cc5)cc4)nc(-c4ccc5oc6ccccc6c5c4)n3)cc2)cc1.c1ccc(-c2cccc(-c3nc(-c4ccc(-c5ccc(-c6ccc7c(c6)-c6ccccc6C76CCCCC6)cc5)cc4)nc(-c4ccc5c(c4)oc4ccccc45)n3)c2)cc1. The zero-order valence-electron chi connectivity index (χ0n) is 67.4. The standard InChI is InChI=1S/2C57H41N3O/c1-3-12-37(13-4-1)42-14-11-15-44(34-42)55-58-54(59-56(60-55)45-28-30-48-47-17-6-8-19-52(47)61-53(48)36-45)41-26-24-39(25-27-41)38-20-22-40(23-21-38)43-29-31-51-49(35-43)46-16-5-7-18-50(46)57(51)32-9-2-10-33-57;1-3-11-37(12-4-1)38-21-25-42(26-22-38)54-58-55(60-56(59-54)45-30-32-53-49(36-45)47-14-6-8-16-52(47)61-53)43-27-23-40(24-28-43)39-17-19-41(20-18-39)44-29-31-51-48(35-44)46-13-5-7-15-50(46)57(51)33-9-2-10-34-57/h1,3-8,11-31,34-36H,2,9-10,32-33H2;1,3-8,11-32,35-36H,2,9-10,33-34H2. The average Bonchev–Trinajstić information content (AvgIpc) is 1.56. The van der Waals surface area contributed by atoms with Crippen LogP contribution in [0.3, 0.4) is 0 Å². The molecule has 4 aliphatic rings. The number of hydrogen-bond acceptors (Lipinski definition) is 8. The summed E-state index contributed by atoms with van der Waals surface area (Å²) < 4.78 is 12.4. The maximum atomic E-state index is 6.28. The third-order valence-corrected chi connectivity index (χ3v) is 26.4. The molecule has 0 N–H and O–H groups in total. The molecule has 4 heterocycles. The highest BCUT2D eigenvalue weighted by Crippen LogP contribution is 2.58. The van der Waals surface area contributed by atoms with E-state index in [1.807, 2.05) is 66.7 Å². The van der Waals surface area contributed by atoms with E-state index in [1.54, 1.807) is 0 Å². The molecule has 0 unspecified atom stereocenters. The zero-order valence-corrected chi connectivity index (χ0v) is 67.4. The second kappa shape index (κ2) is 30.2. The monoisotopic (exact) mass is 1570 g/mol. The molecule has 8 nitrogen and oxygen atoms in total. The summed E-state index contributed by atoms with van der Waals surface area (Å²) in [5.74, 6) is 3.69. The molecule has 0 bridgehead atoms. The van der Waals surface area contributed by atoms with Crippen LogP contribution in [-0.4, -0.2) is 29.9 Å². The Morgan fingerprint density at radius 2 is 0.443 bits per heavy atom. The van der Waals surface area contributed by atoms with Crippen molar-refractivity contribution in [1.29, 1.82) is 0 Å². The van der Waals surface area contributed by atoms with Crippen molar-refractivity contribution in [3.05, 3.63) is 398 Å². The van der Waals surface area contributed by atoms with Gasteiger partial charge in [-0.05, 0) is 198 Å². The largest absolute Gasteiger partial charge is 0.456 e. The third kappa shape index (κ3) is 12.9. The summed E-state index contributed by atoms with van der Waals surface area (Å²) in [5.41, 5.74) is 35.2. The van der Waals surface area contributed by atoms with Gasteiger partial charge in [0.2, 0.25) is 0 Å². The molecule has 0 radical (unpaired) electrons. The van der Waals surface area contributed by atoms with E-state index in [0.717, 1.165) is 111 Å². The number of para-hydroxylation sites is 2. The molecule has 2 fully saturated rings. The lowest BCUT2D eigenvalue weighted by molar-refractivity contribution is 0.353. The Kier molecular flexibility index (Phi) is 17.9. The molecule has 0 atom stereocenters. The molecule has 8 heteroatoms. The van der Waals surface area contributed by atoms with Gasteiger partial charge in [0.1, 0.15) is 22.3 Å². The van der Waals surface area contributed by atoms with Gasteiger partial charge in [-0.15, -0.1) is 0 Å². The summed E-state index contributed by atoms with van der Waals surface area (Å²) in [6, 6.07) is 134. The molecule has 4 aliphatic carbocycles. The van der Waals surface area contributed by atoms with E-state index in [9.17, 15) is 0 Å². The number of rotatable bonds is 12. The molecule has 24 rings (SSSR count). The van der Waals surface area contributed by atoms with E-state index in [2.05, 4.69) is 309 Å². The molecule has 580 valence electrons. The van der Waals surface area contributed by atoms with Crippen LogP contribution in [0.1, 0.15) is 86.5 Å². The van der Waals surface area contributed by atoms with Crippen LogP contribution in [0.4, 0.5) is 0 Å². The Hall–Kier alpha value is -14.9. The molecule has 2 spiro atoms. The third-order valence-electron chi connectivity index (χ3n) is 26.4. The maximum absolute atomic E-state index is 6.28. The van der Waals surface area contributed by atoms with Gasteiger partial charge in [-0.3, -0.25) is 0 Å². The van der Waals surface area contributed by atoms with Gasteiger partial charge in [0.25, 0.3) is 0 Å². The minimum atomic E-state index is 0.181. The number of aromatic nitrogens is 6. The number of hydrogen-bond donors (Lipinski definition) is 0. The first-order valence-corrected chi connectivity index (χ1v) is 42.9. The Bertz CT molecular complexity index is 7410. The summed E-state index contributed by atoms with van der Waals surface area (Å²) in [6.07, 6.45) is 12.9. The average molecular weight is 1570 g/mol. The predicted octanol–water partition coefficient (Wildman–Crippen LogP) is 30.0. The lowest BCUT2D eigenvalue weighted by Gasteiger charge is -2.36. The zero-order chi connectivity index (χ0) is 80.7. The molecule has 0 amide bonds. The van der Waals surface area contributed by atoms with Crippen molar-refractivity contribution in [3.8, 4) is 157 Å². The Morgan fingerprint density at radius 1 is 0.164 bits per heavy atom. The normalized spacial score (nSPS) is 14.0. The van der Waals surface area contributed by atoms with Gasteiger partial charge in [-0.2, -0.15) is 0 Å². The van der Waals surface area contributed by atoms with Gasteiger partial charge in [0.15, 0.2) is 34.9 Å². The van der Waals surface area contributed by atoms with Crippen molar-refractivity contribution in [2.45, 2.75) is 75.0 Å². The van der Waals surface area contributed by atoms with E-state index in [0.29, 0.717) is 34.9 Å². The van der Waals surface area contributed by atoms with Crippen LogP contribution < -0.4 is 0 Å². The van der Waals surface area contributed by atoms with Gasteiger partial charge in [0.05, 0.1) is 0 Å². The number of benzene rings is 16. The highest BCUT2D eigenvalue weighted by atomic mass is 16.3. The van der Waals surface area contributed by atoms with Gasteiger partial charge < -0.3 is 8.83 Å². The predicted molar refractivity (Wildman–Crippen MR) is 498 cm³/mol. The number of fused-ring (bicyclic) bond motifs is 16. The Balaban J connectivity index is 0.000000142. The minimum Gasteiger partial charge on any atom is -0.456 e. The topological polar surface area (TPSA) is 104 Å². The molecule has 16 aromatic carbocycles. The second-order valence-corrected chi connectivity index (χ2v) is 33.3. The molecular formula is C114H82N6O2. The Morgan fingerprint density at radius 3 is 0.902 bits per heavy atom. The summed E-state index contributed by atoms with van der Waals surface area (Å²) in [4.78, 5) is 30.5. The number of furan rings is 2. The van der Waals surface area contributed by atoms with Crippen molar-refractivity contribution in [3.63, 3.8) is 0 Å². The fourth-order valence-electron chi connectivity index (χ4n) is 20.2. The van der Waals surface area contributed by atoms with Gasteiger partial charge in [-0.25, -0.2) is 29.9 Å². The van der Waals surface area contributed by atoms with Crippen molar-refractivity contribution in [2.75, 3.05) is 0 Å². The molecule has 20 aromatic rings. The van der Waals surface area contributed by atoms with E-state index >= 15 is 0 Å². The molecule has 4 aromatic heterocycles. The van der Waals surface area contributed by atoms with Crippen LogP contribution in [0.2, 0.25) is 0 Å². The van der Waals surface area contributed by atoms with Crippen LogP contribution in [-0.2, 0) is 10.8 Å². The quantitative estimate of drug-likeness (QED) is 0.119. The molecule has 0 aliphatic heterocycles. The summed E-state index contributed by atoms with van der Waals surface area (Å²) >= 11 is 0. The van der Waals surface area contributed by atoms with Crippen molar-refractivity contribution in [1.82, 2.24) is 29.9 Å². The molecule has 2 saturated carbocycles. The molecule has 0 saturated heterocycles.